The third-order valence-electron chi connectivity index (χ3n) is 1.76. The topological polar surface area (TPSA) is 33.5 Å². The molecule has 0 radical (unpaired) electrons. The Hall–Kier alpha value is -0.610. The van der Waals surface area contributed by atoms with Crippen LogP contribution in [0.3, 0.4) is 0 Å². The lowest BCUT2D eigenvalue weighted by atomic mass is 10.4. The summed E-state index contributed by atoms with van der Waals surface area (Å²) in [5, 5.41) is 0.242. The lowest BCUT2D eigenvalue weighted by molar-refractivity contribution is 0.0772. The van der Waals surface area contributed by atoms with Gasteiger partial charge in [-0.15, -0.1) is 0 Å². The molecule has 0 aliphatic carbocycles. The van der Waals surface area contributed by atoms with Gasteiger partial charge in [0.2, 0.25) is 0 Å². The molecular weight excluding hydrogens is 222 g/mol. The van der Waals surface area contributed by atoms with Gasteiger partial charge in [0.25, 0.3) is 5.91 Å². The van der Waals surface area contributed by atoms with Gasteiger partial charge in [-0.25, -0.2) is 0 Å². The summed E-state index contributed by atoms with van der Waals surface area (Å²) in [5.74, 6) is 1.07. The van der Waals surface area contributed by atoms with E-state index in [-0.39, 0.29) is 11.1 Å². The molecular formula is C9H12ClNO2S. The summed E-state index contributed by atoms with van der Waals surface area (Å²) in [6.45, 7) is 0.707. The van der Waals surface area contributed by atoms with Crippen LogP contribution in [0, 0.1) is 0 Å². The molecule has 1 aromatic rings. The third kappa shape index (κ3) is 2.96. The van der Waals surface area contributed by atoms with E-state index < -0.39 is 0 Å². The van der Waals surface area contributed by atoms with Gasteiger partial charge in [-0.3, -0.25) is 4.79 Å². The number of nitrogens with zero attached hydrogens (tertiary/aromatic N) is 1. The van der Waals surface area contributed by atoms with Crippen molar-refractivity contribution < 1.29 is 9.21 Å². The van der Waals surface area contributed by atoms with Gasteiger partial charge in [-0.2, -0.15) is 11.8 Å². The van der Waals surface area contributed by atoms with E-state index in [1.807, 2.05) is 6.26 Å². The van der Waals surface area contributed by atoms with Crippen molar-refractivity contribution in [3.8, 4) is 0 Å². The van der Waals surface area contributed by atoms with Gasteiger partial charge in [0, 0.05) is 19.3 Å². The molecule has 78 valence electrons. The molecule has 0 atom stereocenters. The van der Waals surface area contributed by atoms with E-state index in [2.05, 4.69) is 0 Å². The number of halogens is 1. The lowest BCUT2D eigenvalue weighted by Crippen LogP contribution is -2.28. The van der Waals surface area contributed by atoms with Crippen LogP contribution in [0.5, 0.6) is 0 Å². The quantitative estimate of drug-likeness (QED) is 0.801. The number of hydrogen-bond acceptors (Lipinski definition) is 3. The van der Waals surface area contributed by atoms with Crippen molar-refractivity contribution in [2.75, 3.05) is 25.6 Å². The molecule has 1 heterocycles. The molecule has 0 aliphatic heterocycles. The van der Waals surface area contributed by atoms with E-state index in [9.17, 15) is 4.79 Å². The second-order valence-electron chi connectivity index (χ2n) is 2.82. The average molecular weight is 234 g/mol. The maximum atomic E-state index is 11.6. The van der Waals surface area contributed by atoms with Gasteiger partial charge in [0.05, 0.1) is 0 Å². The number of rotatable bonds is 4. The first kappa shape index (κ1) is 11.5. The Morgan fingerprint density at radius 2 is 2.36 bits per heavy atom. The molecule has 0 saturated carbocycles. The van der Waals surface area contributed by atoms with Gasteiger partial charge >= 0.3 is 0 Å². The zero-order valence-electron chi connectivity index (χ0n) is 8.12. The van der Waals surface area contributed by atoms with Crippen LogP contribution in [0.4, 0.5) is 0 Å². The molecule has 0 N–H and O–H groups in total. The number of carbonyl (C=O) groups excluding carboxylic acids is 1. The SMILES string of the molecule is CSCCN(C)C(=O)c1ccc(Cl)o1. The molecule has 0 aromatic carbocycles. The maximum absolute atomic E-state index is 11.6. The molecule has 0 saturated heterocycles. The molecule has 0 bridgehead atoms. The van der Waals surface area contributed by atoms with Crippen molar-refractivity contribution in [2.45, 2.75) is 0 Å². The van der Waals surface area contributed by atoms with Crippen LogP contribution in [-0.2, 0) is 0 Å². The molecule has 14 heavy (non-hydrogen) atoms. The highest BCUT2D eigenvalue weighted by Gasteiger charge is 2.14. The second kappa shape index (κ2) is 5.32. The summed E-state index contributed by atoms with van der Waals surface area (Å²) in [4.78, 5) is 13.2. The molecule has 1 rings (SSSR count). The molecule has 1 amide bonds. The smallest absolute Gasteiger partial charge is 0.289 e. The standard InChI is InChI=1S/C9H12ClNO2S/c1-11(5-6-14-2)9(12)7-3-4-8(10)13-7/h3-4H,5-6H2,1-2H3. The summed E-state index contributed by atoms with van der Waals surface area (Å²) in [7, 11) is 1.75. The number of carbonyl (C=O) groups is 1. The van der Waals surface area contributed by atoms with E-state index in [1.54, 1.807) is 35.8 Å². The molecule has 0 spiro atoms. The van der Waals surface area contributed by atoms with Crippen LogP contribution in [-0.4, -0.2) is 36.4 Å². The second-order valence-corrected chi connectivity index (χ2v) is 4.18. The number of amides is 1. The minimum absolute atomic E-state index is 0.133. The Kier molecular flexibility index (Phi) is 4.35. The van der Waals surface area contributed by atoms with E-state index in [1.165, 1.54) is 0 Å². The average Bonchev–Trinajstić information content (AvgIpc) is 2.60. The Morgan fingerprint density at radius 1 is 1.64 bits per heavy atom. The summed E-state index contributed by atoms with van der Waals surface area (Å²) >= 11 is 7.27. The molecule has 1 aromatic heterocycles. The van der Waals surface area contributed by atoms with Crippen molar-refractivity contribution in [3.05, 3.63) is 23.1 Å². The Morgan fingerprint density at radius 3 is 2.86 bits per heavy atom. The summed E-state index contributed by atoms with van der Waals surface area (Å²) in [6.07, 6.45) is 2.00. The first-order chi connectivity index (χ1) is 6.65. The molecule has 0 aliphatic rings. The minimum atomic E-state index is -0.133. The van der Waals surface area contributed by atoms with Crippen molar-refractivity contribution in [2.24, 2.45) is 0 Å². The lowest BCUT2D eigenvalue weighted by Gasteiger charge is -2.14. The van der Waals surface area contributed by atoms with E-state index in [0.29, 0.717) is 12.3 Å². The van der Waals surface area contributed by atoms with Gasteiger partial charge in [-0.1, -0.05) is 0 Å². The van der Waals surface area contributed by atoms with E-state index in [0.717, 1.165) is 5.75 Å². The van der Waals surface area contributed by atoms with Crippen molar-refractivity contribution >= 4 is 29.3 Å². The van der Waals surface area contributed by atoms with Crippen LogP contribution < -0.4 is 0 Å². The highest BCUT2D eigenvalue weighted by Crippen LogP contribution is 2.14. The van der Waals surface area contributed by atoms with Gasteiger partial charge < -0.3 is 9.32 Å². The monoisotopic (exact) mass is 233 g/mol. The molecule has 5 heteroatoms. The van der Waals surface area contributed by atoms with Crippen molar-refractivity contribution in [3.63, 3.8) is 0 Å². The fraction of sp³-hybridized carbons (Fsp3) is 0.444. The maximum Gasteiger partial charge on any atom is 0.289 e. The molecule has 3 nitrogen and oxygen atoms in total. The van der Waals surface area contributed by atoms with Gasteiger partial charge in [0.15, 0.2) is 11.0 Å². The highest BCUT2D eigenvalue weighted by molar-refractivity contribution is 7.98. The van der Waals surface area contributed by atoms with Crippen molar-refractivity contribution in [1.82, 2.24) is 4.90 Å². The summed E-state index contributed by atoms with van der Waals surface area (Å²) in [5.41, 5.74) is 0. The third-order valence-corrected chi connectivity index (χ3v) is 2.56. The Balaban J connectivity index is 2.56. The number of furan rings is 1. The first-order valence-electron chi connectivity index (χ1n) is 4.15. The van der Waals surface area contributed by atoms with Crippen LogP contribution in [0.2, 0.25) is 5.22 Å². The minimum Gasteiger partial charge on any atom is -0.440 e. The Bertz CT molecular complexity index is 314. The van der Waals surface area contributed by atoms with Crippen LogP contribution in [0.15, 0.2) is 16.5 Å². The van der Waals surface area contributed by atoms with Crippen LogP contribution in [0.25, 0.3) is 0 Å². The summed E-state index contributed by atoms with van der Waals surface area (Å²) < 4.78 is 5.01. The fourth-order valence-electron chi connectivity index (χ4n) is 0.947. The highest BCUT2D eigenvalue weighted by atomic mass is 35.5. The van der Waals surface area contributed by atoms with Gasteiger partial charge in [-0.05, 0) is 30.0 Å². The van der Waals surface area contributed by atoms with Crippen molar-refractivity contribution in [1.29, 1.82) is 0 Å². The number of thioether (sulfide) groups is 1. The van der Waals surface area contributed by atoms with Crippen LogP contribution >= 0.6 is 23.4 Å². The van der Waals surface area contributed by atoms with Gasteiger partial charge in [0.1, 0.15) is 0 Å². The molecule has 0 unspecified atom stereocenters. The largest absolute Gasteiger partial charge is 0.440 e. The summed E-state index contributed by atoms with van der Waals surface area (Å²) in [6, 6.07) is 3.15. The fourth-order valence-corrected chi connectivity index (χ4v) is 1.55. The van der Waals surface area contributed by atoms with E-state index >= 15 is 0 Å². The normalized spacial score (nSPS) is 10.2. The Labute approximate surface area is 92.4 Å². The van der Waals surface area contributed by atoms with E-state index in [4.69, 9.17) is 16.0 Å². The zero-order chi connectivity index (χ0) is 10.6. The number of hydrogen-bond donors (Lipinski definition) is 0. The predicted molar refractivity (Wildman–Crippen MR) is 59.1 cm³/mol. The van der Waals surface area contributed by atoms with Crippen LogP contribution in [0.1, 0.15) is 10.6 Å². The predicted octanol–water partition coefficient (Wildman–Crippen LogP) is 2.37. The first-order valence-corrected chi connectivity index (χ1v) is 5.92. The zero-order valence-corrected chi connectivity index (χ0v) is 9.69. The molecule has 0 fully saturated rings.